The molecule has 1 aliphatic rings. The molecule has 7 heteroatoms. The Kier molecular flexibility index (Phi) is 5.27. The molecule has 1 aromatic heterocycles. The van der Waals surface area contributed by atoms with Crippen molar-refractivity contribution in [3.8, 4) is 16.3 Å². The van der Waals surface area contributed by atoms with E-state index in [2.05, 4.69) is 4.98 Å². The highest BCUT2D eigenvalue weighted by atomic mass is 32.1. The molecule has 2 aromatic rings. The van der Waals surface area contributed by atoms with E-state index in [1.165, 1.54) is 22.4 Å². The first kappa shape index (κ1) is 18.4. The summed E-state index contributed by atoms with van der Waals surface area (Å²) in [7, 11) is 3.20. The minimum Gasteiger partial charge on any atom is -0.497 e. The predicted molar refractivity (Wildman–Crippen MR) is 99.6 cm³/mol. The van der Waals surface area contributed by atoms with Crippen molar-refractivity contribution >= 4 is 23.2 Å². The van der Waals surface area contributed by atoms with E-state index in [1.807, 2.05) is 24.3 Å². The molecule has 0 radical (unpaired) electrons. The molecule has 0 spiro atoms. The zero-order chi connectivity index (χ0) is 18.7. The highest BCUT2D eigenvalue weighted by Gasteiger charge is 2.45. The van der Waals surface area contributed by atoms with Crippen LogP contribution in [0.3, 0.4) is 0 Å². The number of hydrogen-bond donors (Lipinski definition) is 1. The maximum Gasteiger partial charge on any atom is 0.329 e. The number of aromatic nitrogens is 1. The van der Waals surface area contributed by atoms with Gasteiger partial charge in [0.2, 0.25) is 0 Å². The summed E-state index contributed by atoms with van der Waals surface area (Å²) in [5, 5.41) is 10.5. The molecule has 1 aromatic carbocycles. The molecular weight excluding hydrogens is 352 g/mol. The molecule has 26 heavy (non-hydrogen) atoms. The molecule has 1 saturated carbocycles. The third-order valence-electron chi connectivity index (χ3n) is 5.08. The summed E-state index contributed by atoms with van der Waals surface area (Å²) in [6.45, 7) is 0. The summed E-state index contributed by atoms with van der Waals surface area (Å²) < 4.78 is 5.15. The lowest BCUT2D eigenvalue weighted by Gasteiger charge is -2.40. The standard InChI is InChI=1S/C19H22N2O4S/c1-21(19(18(23)24)10-4-3-5-11-19)17(22)15-12-20-16(26-15)13-6-8-14(25-2)9-7-13/h6-9,12H,3-5,10-11H2,1-2H3,(H,23,24). The first-order chi connectivity index (χ1) is 12.5. The van der Waals surface area contributed by atoms with Crippen molar-refractivity contribution < 1.29 is 19.4 Å². The number of likely N-dealkylation sites (N-methyl/N-ethyl adjacent to an activating group) is 1. The summed E-state index contributed by atoms with van der Waals surface area (Å²) in [6, 6.07) is 7.45. The SMILES string of the molecule is COc1ccc(-c2ncc(C(=O)N(C)C3(C(=O)O)CCCCC3)s2)cc1. The van der Waals surface area contributed by atoms with Gasteiger partial charge in [0.25, 0.3) is 5.91 Å². The zero-order valence-corrected chi connectivity index (χ0v) is 15.7. The van der Waals surface area contributed by atoms with Crippen molar-refractivity contribution in [2.75, 3.05) is 14.2 Å². The molecule has 3 rings (SSSR count). The maximum absolute atomic E-state index is 12.9. The highest BCUT2D eigenvalue weighted by molar-refractivity contribution is 7.16. The Balaban J connectivity index is 1.83. The Morgan fingerprint density at radius 1 is 1.19 bits per heavy atom. The summed E-state index contributed by atoms with van der Waals surface area (Å²) in [6.07, 6.45) is 5.18. The Hall–Kier alpha value is -2.41. The normalized spacial score (nSPS) is 16.1. The van der Waals surface area contributed by atoms with E-state index in [1.54, 1.807) is 14.2 Å². The van der Waals surface area contributed by atoms with Gasteiger partial charge in [-0.15, -0.1) is 11.3 Å². The minimum absolute atomic E-state index is 0.286. The number of aliphatic carboxylic acids is 1. The molecule has 0 bridgehead atoms. The Bertz CT molecular complexity index is 794. The van der Waals surface area contributed by atoms with Crippen LogP contribution in [0.2, 0.25) is 0 Å². The number of benzene rings is 1. The molecule has 0 unspecified atom stereocenters. The Morgan fingerprint density at radius 3 is 2.42 bits per heavy atom. The molecule has 1 heterocycles. The molecule has 0 atom stereocenters. The van der Waals surface area contributed by atoms with E-state index in [9.17, 15) is 14.7 Å². The van der Waals surface area contributed by atoms with Crippen LogP contribution >= 0.6 is 11.3 Å². The van der Waals surface area contributed by atoms with Gasteiger partial charge in [0.1, 0.15) is 21.2 Å². The largest absolute Gasteiger partial charge is 0.497 e. The van der Waals surface area contributed by atoms with Gasteiger partial charge in [-0.1, -0.05) is 19.3 Å². The predicted octanol–water partition coefficient (Wildman–Crippen LogP) is 3.68. The summed E-state index contributed by atoms with van der Waals surface area (Å²) in [5.74, 6) is -0.457. The fraction of sp³-hybridized carbons (Fsp3) is 0.421. The van der Waals surface area contributed by atoms with E-state index >= 15 is 0 Å². The van der Waals surface area contributed by atoms with Crippen LogP contribution in [-0.4, -0.2) is 46.6 Å². The number of methoxy groups -OCH3 is 1. The van der Waals surface area contributed by atoms with Crippen LogP contribution < -0.4 is 4.74 Å². The third kappa shape index (κ3) is 3.31. The third-order valence-corrected chi connectivity index (χ3v) is 6.11. The van der Waals surface area contributed by atoms with Crippen molar-refractivity contribution in [2.24, 2.45) is 0 Å². The minimum atomic E-state index is -1.11. The van der Waals surface area contributed by atoms with Crippen LogP contribution in [0.4, 0.5) is 0 Å². The quantitative estimate of drug-likeness (QED) is 0.864. The Labute approximate surface area is 156 Å². The molecule has 0 aliphatic heterocycles. The lowest BCUT2D eigenvalue weighted by atomic mass is 9.80. The van der Waals surface area contributed by atoms with E-state index in [0.29, 0.717) is 17.7 Å². The van der Waals surface area contributed by atoms with E-state index in [-0.39, 0.29) is 5.91 Å². The second-order valence-corrected chi connectivity index (χ2v) is 7.55. The van der Waals surface area contributed by atoms with Gasteiger partial charge in [0.05, 0.1) is 13.3 Å². The van der Waals surface area contributed by atoms with E-state index < -0.39 is 11.5 Å². The van der Waals surface area contributed by atoms with Crippen molar-refractivity contribution in [3.63, 3.8) is 0 Å². The summed E-state index contributed by atoms with van der Waals surface area (Å²) in [5.41, 5.74) is -0.220. The average molecular weight is 374 g/mol. The first-order valence-electron chi connectivity index (χ1n) is 8.60. The van der Waals surface area contributed by atoms with Crippen molar-refractivity contribution in [3.05, 3.63) is 35.3 Å². The molecule has 138 valence electrons. The lowest BCUT2D eigenvalue weighted by Crippen LogP contribution is -2.56. The molecule has 1 N–H and O–H groups in total. The first-order valence-corrected chi connectivity index (χ1v) is 9.41. The van der Waals surface area contributed by atoms with Crippen molar-refractivity contribution in [2.45, 2.75) is 37.6 Å². The number of carboxylic acid groups (broad SMARTS) is 1. The number of carbonyl (C=O) groups excluding carboxylic acids is 1. The van der Waals surface area contributed by atoms with Gasteiger partial charge < -0.3 is 14.7 Å². The second kappa shape index (κ2) is 7.45. The molecule has 6 nitrogen and oxygen atoms in total. The summed E-state index contributed by atoms with van der Waals surface area (Å²) in [4.78, 5) is 31.0. The molecule has 1 fully saturated rings. The van der Waals surface area contributed by atoms with Crippen LogP contribution in [0.5, 0.6) is 5.75 Å². The van der Waals surface area contributed by atoms with Crippen LogP contribution in [0.15, 0.2) is 30.5 Å². The summed E-state index contributed by atoms with van der Waals surface area (Å²) >= 11 is 1.27. The zero-order valence-electron chi connectivity index (χ0n) is 14.9. The van der Waals surface area contributed by atoms with E-state index in [4.69, 9.17) is 4.74 Å². The topological polar surface area (TPSA) is 79.7 Å². The van der Waals surface area contributed by atoms with Crippen LogP contribution in [0, 0.1) is 0 Å². The molecule has 1 amide bonds. The maximum atomic E-state index is 12.9. The number of nitrogens with zero attached hydrogens (tertiary/aromatic N) is 2. The molecular formula is C19H22N2O4S. The van der Waals surface area contributed by atoms with Crippen molar-refractivity contribution in [1.82, 2.24) is 9.88 Å². The number of rotatable bonds is 5. The highest BCUT2D eigenvalue weighted by Crippen LogP contribution is 2.35. The number of thiazole rings is 1. The van der Waals surface area contributed by atoms with Gasteiger partial charge >= 0.3 is 5.97 Å². The van der Waals surface area contributed by atoms with Gasteiger partial charge in [-0.3, -0.25) is 4.79 Å². The number of carboxylic acids is 1. The average Bonchev–Trinajstić information content (AvgIpc) is 3.17. The molecule has 1 aliphatic carbocycles. The van der Waals surface area contributed by atoms with Gasteiger partial charge in [-0.2, -0.15) is 0 Å². The Morgan fingerprint density at radius 2 is 1.85 bits per heavy atom. The number of amides is 1. The smallest absolute Gasteiger partial charge is 0.329 e. The van der Waals surface area contributed by atoms with Gasteiger partial charge in [-0.05, 0) is 37.1 Å². The number of hydrogen-bond acceptors (Lipinski definition) is 5. The van der Waals surface area contributed by atoms with Gasteiger partial charge in [0, 0.05) is 12.6 Å². The van der Waals surface area contributed by atoms with Gasteiger partial charge in [-0.25, -0.2) is 9.78 Å². The number of ether oxygens (including phenoxy) is 1. The lowest BCUT2D eigenvalue weighted by molar-refractivity contribution is -0.151. The monoisotopic (exact) mass is 374 g/mol. The van der Waals surface area contributed by atoms with Crippen molar-refractivity contribution in [1.29, 1.82) is 0 Å². The van der Waals surface area contributed by atoms with E-state index in [0.717, 1.165) is 35.6 Å². The fourth-order valence-electron chi connectivity index (χ4n) is 3.43. The number of carbonyl (C=O) groups is 2. The van der Waals surface area contributed by atoms with Crippen LogP contribution in [0.25, 0.3) is 10.6 Å². The van der Waals surface area contributed by atoms with Crippen LogP contribution in [0.1, 0.15) is 41.8 Å². The fourth-order valence-corrected chi connectivity index (χ4v) is 4.33. The van der Waals surface area contributed by atoms with Gasteiger partial charge in [0.15, 0.2) is 0 Å². The second-order valence-electron chi connectivity index (χ2n) is 6.52. The molecule has 0 saturated heterocycles. The van der Waals surface area contributed by atoms with Crippen LogP contribution in [-0.2, 0) is 4.79 Å².